The Hall–Kier alpha value is -4.06. The third-order valence-corrected chi connectivity index (χ3v) is 7.25. The number of carbonyl (C=O) groups is 2. The van der Waals surface area contributed by atoms with Crippen molar-refractivity contribution in [2.24, 2.45) is 0 Å². The predicted octanol–water partition coefficient (Wildman–Crippen LogP) is 7.49. The second-order valence-corrected chi connectivity index (χ2v) is 9.95. The van der Waals surface area contributed by atoms with Crippen LogP contribution < -0.4 is 18.9 Å². The van der Waals surface area contributed by atoms with E-state index in [2.05, 4.69) is 6.92 Å². The lowest BCUT2D eigenvalue weighted by Gasteiger charge is -2.26. The fourth-order valence-corrected chi connectivity index (χ4v) is 5.19. The summed E-state index contributed by atoms with van der Waals surface area (Å²) >= 11 is 0. The average Bonchev–Trinajstić information content (AvgIpc) is 3.27. The number of hydrogen-bond acceptors (Lipinski definition) is 6. The fraction of sp³-hybridized carbons (Fsp3) is 0.333. The second kappa shape index (κ2) is 12.2. The molecule has 0 N–H and O–H groups in total. The highest BCUT2D eigenvalue weighted by Gasteiger charge is 2.38. The molecule has 0 fully saturated rings. The summed E-state index contributed by atoms with van der Waals surface area (Å²) in [5.41, 5.74) is 2.84. The van der Waals surface area contributed by atoms with Crippen molar-refractivity contribution in [1.82, 2.24) is 0 Å². The molecule has 3 aromatic rings. The van der Waals surface area contributed by atoms with E-state index in [4.69, 9.17) is 18.9 Å². The average molecular weight is 527 g/mol. The second-order valence-electron chi connectivity index (χ2n) is 9.95. The summed E-state index contributed by atoms with van der Waals surface area (Å²) in [5.74, 6) is 1.68. The predicted molar refractivity (Wildman–Crippen MR) is 150 cm³/mol. The van der Waals surface area contributed by atoms with E-state index in [-0.39, 0.29) is 29.9 Å². The number of methoxy groups -OCH3 is 1. The normalized spacial score (nSPS) is 16.9. The van der Waals surface area contributed by atoms with E-state index < -0.39 is 0 Å². The molecule has 0 saturated carbocycles. The summed E-state index contributed by atoms with van der Waals surface area (Å²) in [7, 11) is 1.59. The molecule has 6 nitrogen and oxygen atoms in total. The Bertz CT molecular complexity index is 1370. The largest absolute Gasteiger partial charge is 0.496 e. The highest BCUT2D eigenvalue weighted by Crippen LogP contribution is 2.49. The first-order chi connectivity index (χ1) is 19.1. The number of fused-ring (bicyclic) bond motifs is 3. The van der Waals surface area contributed by atoms with Gasteiger partial charge in [-0.15, -0.1) is 0 Å². The van der Waals surface area contributed by atoms with Crippen LogP contribution in [0.3, 0.4) is 0 Å². The van der Waals surface area contributed by atoms with Crippen LogP contribution in [0.15, 0.2) is 66.4 Å². The zero-order valence-electron chi connectivity index (χ0n) is 22.5. The lowest BCUT2D eigenvalue weighted by molar-refractivity contribution is -0.135. The molecular formula is C33H34O6. The molecule has 0 aliphatic carbocycles. The van der Waals surface area contributed by atoms with Crippen LogP contribution in [0.4, 0.5) is 0 Å². The number of esters is 1. The van der Waals surface area contributed by atoms with Gasteiger partial charge in [0.25, 0.3) is 0 Å². The minimum absolute atomic E-state index is 0.157. The van der Waals surface area contributed by atoms with Gasteiger partial charge in [-0.05, 0) is 48.4 Å². The molecule has 6 heteroatoms. The van der Waals surface area contributed by atoms with Crippen molar-refractivity contribution in [1.29, 1.82) is 0 Å². The van der Waals surface area contributed by atoms with E-state index >= 15 is 0 Å². The van der Waals surface area contributed by atoms with Crippen molar-refractivity contribution in [3.63, 3.8) is 0 Å². The summed E-state index contributed by atoms with van der Waals surface area (Å²) in [5, 5.41) is 0. The molecule has 39 heavy (non-hydrogen) atoms. The van der Waals surface area contributed by atoms with Crippen molar-refractivity contribution >= 4 is 17.8 Å². The van der Waals surface area contributed by atoms with Gasteiger partial charge in [0.2, 0.25) is 5.78 Å². The van der Waals surface area contributed by atoms with E-state index in [1.54, 1.807) is 25.3 Å². The molecular weight excluding hydrogens is 492 g/mol. The third kappa shape index (κ3) is 5.85. The maximum atomic E-state index is 13.3. The first-order valence-corrected chi connectivity index (χ1v) is 13.8. The molecule has 0 radical (unpaired) electrons. The standard InChI is InChI=1S/C33H34O6/c1-3-4-5-6-7-10-19-37-24-15-13-22(14-16-24)26-21-30(34)38-28-18-17-25-32(35)29(39-33(25)31(26)28)20-23-11-8-9-12-27(23)36-2/h8-9,11-18,20,26H,3-7,10,19,21H2,1-2H3/b29-20-/t26-/m0/s1. The van der Waals surface area contributed by atoms with Crippen LogP contribution in [0, 0.1) is 0 Å². The van der Waals surface area contributed by atoms with Gasteiger partial charge in [-0.1, -0.05) is 69.4 Å². The zero-order chi connectivity index (χ0) is 27.2. The molecule has 0 spiro atoms. The Kier molecular flexibility index (Phi) is 8.30. The zero-order valence-corrected chi connectivity index (χ0v) is 22.5. The molecule has 202 valence electrons. The lowest BCUT2D eigenvalue weighted by Crippen LogP contribution is -2.21. The molecule has 0 saturated heterocycles. The highest BCUT2D eigenvalue weighted by molar-refractivity contribution is 6.15. The minimum atomic E-state index is -0.315. The van der Waals surface area contributed by atoms with Crippen molar-refractivity contribution in [2.75, 3.05) is 13.7 Å². The van der Waals surface area contributed by atoms with Gasteiger partial charge in [0, 0.05) is 17.0 Å². The molecule has 2 heterocycles. The van der Waals surface area contributed by atoms with Crippen LogP contribution >= 0.6 is 0 Å². The third-order valence-electron chi connectivity index (χ3n) is 7.25. The van der Waals surface area contributed by atoms with Crippen LogP contribution in [0.2, 0.25) is 0 Å². The topological polar surface area (TPSA) is 71.1 Å². The molecule has 0 amide bonds. The van der Waals surface area contributed by atoms with Crippen molar-refractivity contribution in [3.8, 4) is 23.0 Å². The Morgan fingerprint density at radius 1 is 0.897 bits per heavy atom. The maximum Gasteiger partial charge on any atom is 0.312 e. The Morgan fingerprint density at radius 3 is 2.46 bits per heavy atom. The van der Waals surface area contributed by atoms with Gasteiger partial charge in [-0.3, -0.25) is 9.59 Å². The number of benzene rings is 3. The van der Waals surface area contributed by atoms with Gasteiger partial charge in [0.15, 0.2) is 5.76 Å². The van der Waals surface area contributed by atoms with E-state index in [0.717, 1.165) is 23.3 Å². The van der Waals surface area contributed by atoms with Crippen LogP contribution in [-0.2, 0) is 4.79 Å². The summed E-state index contributed by atoms with van der Waals surface area (Å²) in [6.07, 6.45) is 9.13. The first-order valence-electron chi connectivity index (χ1n) is 13.8. The van der Waals surface area contributed by atoms with Gasteiger partial charge in [0.1, 0.15) is 23.0 Å². The van der Waals surface area contributed by atoms with E-state index in [1.165, 1.54) is 32.1 Å². The number of ether oxygens (including phenoxy) is 4. The lowest BCUT2D eigenvalue weighted by atomic mass is 9.84. The summed E-state index contributed by atoms with van der Waals surface area (Å²) in [6, 6.07) is 18.6. The quantitative estimate of drug-likeness (QED) is 0.112. The van der Waals surface area contributed by atoms with Crippen molar-refractivity contribution in [3.05, 3.63) is 88.7 Å². The molecule has 2 aliphatic heterocycles. The number of rotatable bonds is 11. The molecule has 2 aliphatic rings. The number of Topliss-reactive ketones (excluding diaryl/α,β-unsaturated/α-hetero) is 1. The number of ketones is 1. The van der Waals surface area contributed by atoms with Gasteiger partial charge >= 0.3 is 5.97 Å². The number of allylic oxidation sites excluding steroid dienone is 1. The monoisotopic (exact) mass is 526 g/mol. The number of carbonyl (C=O) groups excluding carboxylic acids is 2. The van der Waals surface area contributed by atoms with E-state index in [0.29, 0.717) is 35.0 Å². The number of unbranched alkanes of at least 4 members (excludes halogenated alkanes) is 5. The van der Waals surface area contributed by atoms with Gasteiger partial charge < -0.3 is 18.9 Å². The summed E-state index contributed by atoms with van der Waals surface area (Å²) in [6.45, 7) is 2.91. The number of hydrogen-bond donors (Lipinski definition) is 0. The van der Waals surface area contributed by atoms with Crippen molar-refractivity contribution in [2.45, 2.75) is 57.8 Å². The maximum absolute atomic E-state index is 13.3. The highest BCUT2D eigenvalue weighted by atomic mass is 16.5. The van der Waals surface area contributed by atoms with Crippen LogP contribution in [0.1, 0.15) is 84.8 Å². The van der Waals surface area contributed by atoms with Gasteiger partial charge in [-0.25, -0.2) is 0 Å². The first kappa shape index (κ1) is 26.5. The molecule has 0 bridgehead atoms. The fourth-order valence-electron chi connectivity index (χ4n) is 5.19. The van der Waals surface area contributed by atoms with Crippen LogP contribution in [0.5, 0.6) is 23.0 Å². The molecule has 0 unspecified atom stereocenters. The summed E-state index contributed by atoms with van der Waals surface area (Å²) in [4.78, 5) is 25.8. The Morgan fingerprint density at radius 2 is 1.67 bits per heavy atom. The Balaban J connectivity index is 1.36. The van der Waals surface area contributed by atoms with Gasteiger partial charge in [0.05, 0.1) is 25.7 Å². The Labute approximate surface area is 229 Å². The van der Waals surface area contributed by atoms with E-state index in [1.807, 2.05) is 48.5 Å². The SMILES string of the molecule is CCCCCCCCOc1ccc([C@@H]2CC(=O)Oc3ccc4c(c32)O/C(=C\c2ccccc2OC)C4=O)cc1. The number of para-hydroxylation sites is 1. The molecule has 1 atom stereocenters. The minimum Gasteiger partial charge on any atom is -0.496 e. The molecule has 0 aromatic heterocycles. The van der Waals surface area contributed by atoms with Crippen LogP contribution in [0.25, 0.3) is 6.08 Å². The van der Waals surface area contributed by atoms with Crippen molar-refractivity contribution < 1.29 is 28.5 Å². The molecule has 3 aromatic carbocycles. The van der Waals surface area contributed by atoms with E-state index in [9.17, 15) is 9.59 Å². The molecule has 5 rings (SSSR count). The smallest absolute Gasteiger partial charge is 0.312 e. The summed E-state index contributed by atoms with van der Waals surface area (Å²) < 4.78 is 23.1. The van der Waals surface area contributed by atoms with Crippen LogP contribution in [-0.4, -0.2) is 25.5 Å². The van der Waals surface area contributed by atoms with Gasteiger partial charge in [-0.2, -0.15) is 0 Å².